The van der Waals surface area contributed by atoms with E-state index in [-0.39, 0.29) is 24.4 Å². The molecule has 0 radical (unpaired) electrons. The second-order valence-electron chi connectivity index (χ2n) is 4.66. The van der Waals surface area contributed by atoms with Gasteiger partial charge in [-0.05, 0) is 12.5 Å². The van der Waals surface area contributed by atoms with Gasteiger partial charge in [0.2, 0.25) is 10.0 Å². The molecule has 2 rings (SSSR count). The summed E-state index contributed by atoms with van der Waals surface area (Å²) in [5.41, 5.74) is -0.309. The third kappa shape index (κ3) is 4.46. The van der Waals surface area contributed by atoms with Crippen LogP contribution >= 0.6 is 0 Å². The van der Waals surface area contributed by atoms with Crippen molar-refractivity contribution in [2.75, 3.05) is 12.3 Å². The summed E-state index contributed by atoms with van der Waals surface area (Å²) in [5.74, 6) is 0.524. The Labute approximate surface area is 128 Å². The van der Waals surface area contributed by atoms with Gasteiger partial charge >= 0.3 is 0 Å². The van der Waals surface area contributed by atoms with E-state index in [1.807, 2.05) is 6.92 Å². The summed E-state index contributed by atoms with van der Waals surface area (Å²) >= 11 is 0. The summed E-state index contributed by atoms with van der Waals surface area (Å²) in [6, 6.07) is 2.88. The smallest absolute Gasteiger partial charge is 0.266 e. The topological polar surface area (TPSA) is 112 Å². The van der Waals surface area contributed by atoms with E-state index >= 15 is 0 Å². The fraction of sp³-hybridized carbons (Fsp3) is 0.500. The van der Waals surface area contributed by atoms with Crippen LogP contribution in [-0.2, 0) is 16.6 Å². The van der Waals surface area contributed by atoms with E-state index in [1.165, 1.54) is 34.2 Å². The van der Waals surface area contributed by atoms with Gasteiger partial charge in [-0.15, -0.1) is 5.10 Å². The van der Waals surface area contributed by atoms with E-state index in [1.54, 1.807) is 0 Å². The summed E-state index contributed by atoms with van der Waals surface area (Å²) in [6.07, 6.45) is 4.24. The summed E-state index contributed by atoms with van der Waals surface area (Å²) in [6.45, 7) is 2.18. The molecule has 2 aromatic rings. The highest BCUT2D eigenvalue weighted by molar-refractivity contribution is 7.89. The van der Waals surface area contributed by atoms with Crippen molar-refractivity contribution in [3.8, 4) is 5.82 Å². The van der Waals surface area contributed by atoms with E-state index in [4.69, 9.17) is 0 Å². The Morgan fingerprint density at radius 2 is 2.14 bits per heavy atom. The Morgan fingerprint density at radius 3 is 2.82 bits per heavy atom. The molecule has 120 valence electrons. The van der Waals surface area contributed by atoms with E-state index in [9.17, 15) is 13.2 Å². The van der Waals surface area contributed by atoms with E-state index in [0.717, 1.165) is 6.42 Å². The van der Waals surface area contributed by atoms with Crippen LogP contribution in [0.15, 0.2) is 29.6 Å². The second-order valence-corrected chi connectivity index (χ2v) is 6.59. The lowest BCUT2D eigenvalue weighted by Gasteiger charge is -2.08. The minimum Gasteiger partial charge on any atom is -0.268 e. The number of unbranched alkanes of at least 4 members (excludes halogenated alkanes) is 1. The van der Waals surface area contributed by atoms with Gasteiger partial charge in [-0.1, -0.05) is 13.3 Å². The standard InChI is InChI=1S/C12H18N6O3S/c1-2-3-8-22(20,21)15-6-7-17-12(19)5-4-11(16-17)18-10-13-9-14-18/h4-5,9-10,15H,2-3,6-8H2,1H3. The molecule has 1 N–H and O–H groups in total. The molecule has 0 atom stereocenters. The van der Waals surface area contributed by atoms with E-state index in [2.05, 4.69) is 19.9 Å². The third-order valence-corrected chi connectivity index (χ3v) is 4.39. The first kappa shape index (κ1) is 16.3. The molecule has 0 aliphatic heterocycles. The zero-order valence-electron chi connectivity index (χ0n) is 12.2. The maximum atomic E-state index is 11.7. The van der Waals surface area contributed by atoms with Crippen LogP contribution in [0, 0.1) is 0 Å². The van der Waals surface area contributed by atoms with Gasteiger partial charge in [0.05, 0.1) is 12.3 Å². The number of sulfonamides is 1. The Hall–Kier alpha value is -2.07. The van der Waals surface area contributed by atoms with Crippen molar-refractivity contribution < 1.29 is 8.42 Å². The average Bonchev–Trinajstić information content (AvgIpc) is 3.01. The molecule has 2 aromatic heterocycles. The molecule has 22 heavy (non-hydrogen) atoms. The monoisotopic (exact) mass is 326 g/mol. The molecule has 0 bridgehead atoms. The molecule has 0 fully saturated rings. The van der Waals surface area contributed by atoms with Crippen LogP contribution < -0.4 is 10.3 Å². The second kappa shape index (κ2) is 7.27. The van der Waals surface area contributed by atoms with Crippen molar-refractivity contribution in [1.29, 1.82) is 0 Å². The van der Waals surface area contributed by atoms with Crippen LogP contribution in [-0.4, -0.2) is 45.3 Å². The summed E-state index contributed by atoms with van der Waals surface area (Å²) < 4.78 is 28.4. The molecular formula is C12H18N6O3S. The molecule has 0 aliphatic rings. The number of aromatic nitrogens is 5. The van der Waals surface area contributed by atoms with Crippen molar-refractivity contribution in [3.05, 3.63) is 35.1 Å². The molecule has 0 saturated heterocycles. The first-order valence-corrected chi connectivity index (χ1v) is 8.57. The van der Waals surface area contributed by atoms with Crippen LogP contribution in [0.4, 0.5) is 0 Å². The normalized spacial score (nSPS) is 11.7. The quantitative estimate of drug-likeness (QED) is 0.703. The molecule has 9 nitrogen and oxygen atoms in total. The largest absolute Gasteiger partial charge is 0.268 e. The average molecular weight is 326 g/mol. The molecule has 0 aliphatic carbocycles. The fourth-order valence-corrected chi connectivity index (χ4v) is 2.98. The molecule has 0 unspecified atom stereocenters. The van der Waals surface area contributed by atoms with Crippen molar-refractivity contribution >= 4 is 10.0 Å². The van der Waals surface area contributed by atoms with Gasteiger partial charge in [-0.2, -0.15) is 5.10 Å². The van der Waals surface area contributed by atoms with Gasteiger partial charge in [0.15, 0.2) is 5.82 Å². The van der Waals surface area contributed by atoms with Gasteiger partial charge in [0, 0.05) is 12.6 Å². The molecule has 2 heterocycles. The van der Waals surface area contributed by atoms with Gasteiger partial charge in [0.1, 0.15) is 12.7 Å². The van der Waals surface area contributed by atoms with E-state index in [0.29, 0.717) is 12.2 Å². The Bertz CT molecular complexity index is 753. The highest BCUT2D eigenvalue weighted by Crippen LogP contribution is 1.97. The predicted molar refractivity (Wildman–Crippen MR) is 80.1 cm³/mol. The number of hydrogen-bond donors (Lipinski definition) is 1. The van der Waals surface area contributed by atoms with Crippen molar-refractivity contribution in [1.82, 2.24) is 29.3 Å². The van der Waals surface area contributed by atoms with Crippen molar-refractivity contribution in [2.45, 2.75) is 26.3 Å². The first-order chi connectivity index (χ1) is 10.5. The molecule has 0 spiro atoms. The molecule has 0 aromatic carbocycles. The third-order valence-electron chi connectivity index (χ3n) is 2.92. The van der Waals surface area contributed by atoms with Gasteiger partial charge in [-0.3, -0.25) is 4.79 Å². The lowest BCUT2D eigenvalue weighted by Crippen LogP contribution is -2.33. The summed E-state index contributed by atoms with van der Waals surface area (Å²) in [5, 5.41) is 8.05. The van der Waals surface area contributed by atoms with Crippen LogP contribution in [0.25, 0.3) is 5.82 Å². The molecule has 0 amide bonds. The number of nitrogens with zero attached hydrogens (tertiary/aromatic N) is 5. The minimum absolute atomic E-state index is 0.0881. The molecule has 0 saturated carbocycles. The molecular weight excluding hydrogens is 308 g/mol. The van der Waals surface area contributed by atoms with Crippen LogP contribution in [0.2, 0.25) is 0 Å². The van der Waals surface area contributed by atoms with Crippen LogP contribution in [0.1, 0.15) is 19.8 Å². The lowest BCUT2D eigenvalue weighted by atomic mass is 10.4. The highest BCUT2D eigenvalue weighted by Gasteiger charge is 2.09. The van der Waals surface area contributed by atoms with Crippen molar-refractivity contribution in [2.24, 2.45) is 0 Å². The zero-order valence-corrected chi connectivity index (χ0v) is 13.0. The predicted octanol–water partition coefficient (Wildman–Crippen LogP) is -0.456. The van der Waals surface area contributed by atoms with Crippen LogP contribution in [0.3, 0.4) is 0 Å². The number of rotatable bonds is 8. The fourth-order valence-electron chi connectivity index (χ4n) is 1.76. The molecule has 10 heteroatoms. The number of nitrogens with one attached hydrogen (secondary N) is 1. The minimum atomic E-state index is -3.30. The van der Waals surface area contributed by atoms with Crippen molar-refractivity contribution in [3.63, 3.8) is 0 Å². The Morgan fingerprint density at radius 1 is 1.32 bits per heavy atom. The SMILES string of the molecule is CCCCS(=O)(=O)NCCn1nc(-n2cncn2)ccc1=O. The lowest BCUT2D eigenvalue weighted by molar-refractivity contribution is 0.540. The van der Waals surface area contributed by atoms with E-state index < -0.39 is 10.0 Å². The highest BCUT2D eigenvalue weighted by atomic mass is 32.2. The zero-order chi connectivity index (χ0) is 16.0. The number of hydrogen-bond acceptors (Lipinski definition) is 6. The summed E-state index contributed by atoms with van der Waals surface area (Å²) in [7, 11) is -3.30. The van der Waals surface area contributed by atoms with Gasteiger partial charge < -0.3 is 0 Å². The van der Waals surface area contributed by atoms with Gasteiger partial charge in [0.25, 0.3) is 5.56 Å². The first-order valence-electron chi connectivity index (χ1n) is 6.92. The van der Waals surface area contributed by atoms with Crippen LogP contribution in [0.5, 0.6) is 0 Å². The Balaban J connectivity index is 2.01. The maximum Gasteiger partial charge on any atom is 0.266 e. The summed E-state index contributed by atoms with van der Waals surface area (Å²) in [4.78, 5) is 15.6. The Kier molecular flexibility index (Phi) is 5.39. The van der Waals surface area contributed by atoms with Gasteiger partial charge in [-0.25, -0.2) is 27.5 Å². The maximum absolute atomic E-state index is 11.7.